The van der Waals surface area contributed by atoms with Gasteiger partial charge in [-0.25, -0.2) is 18.1 Å². The normalized spacial score (nSPS) is 11.9. The number of nitrogens with zero attached hydrogens (tertiary/aromatic N) is 1. The monoisotopic (exact) mass is 336 g/mol. The van der Waals surface area contributed by atoms with Crippen LogP contribution in [0.4, 0.5) is 0 Å². The van der Waals surface area contributed by atoms with Gasteiger partial charge in [0.2, 0.25) is 10.0 Å². The molecule has 3 rings (SSSR count). The van der Waals surface area contributed by atoms with Gasteiger partial charge in [-0.1, -0.05) is 23.7 Å². The minimum atomic E-state index is -3.62. The maximum absolute atomic E-state index is 12.3. The lowest BCUT2D eigenvalue weighted by Gasteiger charge is -2.08. The average molecular weight is 337 g/mol. The Kier molecular flexibility index (Phi) is 3.90. The number of benzene rings is 2. The summed E-state index contributed by atoms with van der Waals surface area (Å²) in [6.45, 7) is 1.98. The van der Waals surface area contributed by atoms with E-state index in [0.29, 0.717) is 10.6 Å². The van der Waals surface area contributed by atoms with Crippen LogP contribution in [0.15, 0.2) is 52.1 Å². The van der Waals surface area contributed by atoms with E-state index < -0.39 is 10.0 Å². The van der Waals surface area contributed by atoms with Crippen molar-refractivity contribution in [2.24, 2.45) is 0 Å². The fraction of sp³-hybridized carbons (Fsp3) is 0.133. The Balaban J connectivity index is 1.80. The maximum Gasteiger partial charge on any atom is 0.240 e. The number of hydrogen-bond donors (Lipinski definition) is 1. The Labute approximate surface area is 133 Å². The molecular formula is C15H13ClN2O3S. The minimum absolute atomic E-state index is 0.142. The number of halogens is 1. The minimum Gasteiger partial charge on any atom is -0.443 e. The summed E-state index contributed by atoms with van der Waals surface area (Å²) in [6.07, 6.45) is 1.35. The highest BCUT2D eigenvalue weighted by Crippen LogP contribution is 2.20. The number of rotatable bonds is 4. The molecule has 0 aliphatic carbocycles. The van der Waals surface area contributed by atoms with E-state index in [9.17, 15) is 8.42 Å². The SMILES string of the molecule is Cc1ccc(S(=O)(=O)NCc2ccc3ncoc3c2)cc1Cl. The molecule has 3 aromatic rings. The van der Waals surface area contributed by atoms with Gasteiger partial charge in [0.25, 0.3) is 0 Å². The topological polar surface area (TPSA) is 72.2 Å². The summed E-state index contributed by atoms with van der Waals surface area (Å²) in [5.74, 6) is 0. The largest absolute Gasteiger partial charge is 0.443 e. The van der Waals surface area contributed by atoms with Gasteiger partial charge in [-0.3, -0.25) is 0 Å². The van der Waals surface area contributed by atoms with E-state index in [2.05, 4.69) is 9.71 Å². The summed E-state index contributed by atoms with van der Waals surface area (Å²) >= 11 is 5.98. The van der Waals surface area contributed by atoms with E-state index in [0.717, 1.165) is 16.6 Å². The summed E-state index contributed by atoms with van der Waals surface area (Å²) in [4.78, 5) is 4.16. The van der Waals surface area contributed by atoms with Crippen molar-refractivity contribution in [2.75, 3.05) is 0 Å². The predicted octanol–water partition coefficient (Wildman–Crippen LogP) is 3.27. The molecule has 0 amide bonds. The second kappa shape index (κ2) is 5.72. The van der Waals surface area contributed by atoms with Crippen molar-refractivity contribution >= 4 is 32.7 Å². The van der Waals surface area contributed by atoms with Gasteiger partial charge in [0.05, 0.1) is 4.90 Å². The third-order valence-electron chi connectivity index (χ3n) is 3.32. The molecule has 0 fully saturated rings. The molecule has 0 unspecified atom stereocenters. The third kappa shape index (κ3) is 2.99. The summed E-state index contributed by atoms with van der Waals surface area (Å²) in [5, 5.41) is 0.422. The zero-order valence-corrected chi connectivity index (χ0v) is 13.3. The van der Waals surface area contributed by atoms with E-state index in [-0.39, 0.29) is 11.4 Å². The zero-order valence-electron chi connectivity index (χ0n) is 11.7. The molecule has 0 aliphatic rings. The number of aryl methyl sites for hydroxylation is 1. The second-order valence-electron chi connectivity index (χ2n) is 4.89. The standard InChI is InChI=1S/C15H13ClN2O3S/c1-10-2-4-12(7-13(10)16)22(19,20)18-8-11-3-5-14-15(6-11)21-9-17-14/h2-7,9,18H,8H2,1H3. The molecule has 0 radical (unpaired) electrons. The van der Waals surface area contributed by atoms with Crippen molar-refractivity contribution in [3.63, 3.8) is 0 Å². The number of sulfonamides is 1. The molecule has 0 bridgehead atoms. The number of fused-ring (bicyclic) bond motifs is 1. The first kappa shape index (κ1) is 15.0. The molecule has 1 heterocycles. The quantitative estimate of drug-likeness (QED) is 0.793. The van der Waals surface area contributed by atoms with Crippen LogP contribution in [-0.2, 0) is 16.6 Å². The lowest BCUT2D eigenvalue weighted by atomic mass is 10.2. The number of oxazole rings is 1. The zero-order chi connectivity index (χ0) is 15.7. The van der Waals surface area contributed by atoms with Crippen LogP contribution in [0.25, 0.3) is 11.1 Å². The van der Waals surface area contributed by atoms with Crippen molar-refractivity contribution in [2.45, 2.75) is 18.4 Å². The average Bonchev–Trinajstić information content (AvgIpc) is 2.95. The van der Waals surface area contributed by atoms with Gasteiger partial charge in [-0.05, 0) is 42.3 Å². The van der Waals surface area contributed by atoms with Gasteiger partial charge in [-0.2, -0.15) is 0 Å². The van der Waals surface area contributed by atoms with Crippen LogP contribution in [-0.4, -0.2) is 13.4 Å². The fourth-order valence-corrected chi connectivity index (χ4v) is 3.30. The van der Waals surface area contributed by atoms with E-state index in [1.165, 1.54) is 18.5 Å². The Morgan fingerprint density at radius 3 is 2.82 bits per heavy atom. The van der Waals surface area contributed by atoms with Crippen molar-refractivity contribution in [3.05, 3.63) is 58.9 Å². The van der Waals surface area contributed by atoms with Crippen LogP contribution in [0, 0.1) is 6.92 Å². The molecular weight excluding hydrogens is 324 g/mol. The molecule has 0 saturated carbocycles. The molecule has 114 valence electrons. The Morgan fingerprint density at radius 1 is 1.23 bits per heavy atom. The molecule has 0 saturated heterocycles. The summed E-state index contributed by atoms with van der Waals surface area (Å²) in [5.41, 5.74) is 2.97. The van der Waals surface area contributed by atoms with Crippen molar-refractivity contribution in [3.8, 4) is 0 Å². The highest BCUT2D eigenvalue weighted by molar-refractivity contribution is 7.89. The highest BCUT2D eigenvalue weighted by atomic mass is 35.5. The van der Waals surface area contributed by atoms with E-state index in [1.807, 2.05) is 6.92 Å². The first-order chi connectivity index (χ1) is 10.5. The Morgan fingerprint density at radius 2 is 2.05 bits per heavy atom. The Bertz CT molecular complexity index is 935. The molecule has 1 N–H and O–H groups in total. The van der Waals surface area contributed by atoms with Gasteiger partial charge >= 0.3 is 0 Å². The third-order valence-corrected chi connectivity index (χ3v) is 5.12. The van der Waals surface area contributed by atoms with Gasteiger partial charge in [-0.15, -0.1) is 0 Å². The molecule has 2 aromatic carbocycles. The van der Waals surface area contributed by atoms with Gasteiger partial charge in [0, 0.05) is 11.6 Å². The van der Waals surface area contributed by atoms with Crippen LogP contribution < -0.4 is 4.72 Å². The molecule has 5 nitrogen and oxygen atoms in total. The first-order valence-corrected chi connectivity index (χ1v) is 8.40. The first-order valence-electron chi connectivity index (χ1n) is 6.54. The summed E-state index contributed by atoms with van der Waals surface area (Å²) in [7, 11) is -3.62. The number of hydrogen-bond acceptors (Lipinski definition) is 4. The van der Waals surface area contributed by atoms with E-state index in [1.54, 1.807) is 24.3 Å². The van der Waals surface area contributed by atoms with E-state index >= 15 is 0 Å². The second-order valence-corrected chi connectivity index (χ2v) is 7.06. The van der Waals surface area contributed by atoms with Crippen LogP contribution in [0.3, 0.4) is 0 Å². The molecule has 0 atom stereocenters. The predicted molar refractivity (Wildman–Crippen MR) is 84.2 cm³/mol. The van der Waals surface area contributed by atoms with Gasteiger partial charge < -0.3 is 4.42 Å². The smallest absolute Gasteiger partial charge is 0.240 e. The van der Waals surface area contributed by atoms with Crippen LogP contribution in [0.2, 0.25) is 5.02 Å². The summed E-state index contributed by atoms with van der Waals surface area (Å²) < 4.78 is 32.3. The van der Waals surface area contributed by atoms with Crippen LogP contribution in [0.5, 0.6) is 0 Å². The fourth-order valence-electron chi connectivity index (χ4n) is 2.01. The van der Waals surface area contributed by atoms with Crippen molar-refractivity contribution in [1.29, 1.82) is 0 Å². The number of nitrogens with one attached hydrogen (secondary N) is 1. The van der Waals surface area contributed by atoms with Crippen molar-refractivity contribution in [1.82, 2.24) is 9.71 Å². The Hall–Kier alpha value is -1.89. The lowest BCUT2D eigenvalue weighted by molar-refractivity contribution is 0.580. The van der Waals surface area contributed by atoms with Crippen molar-refractivity contribution < 1.29 is 12.8 Å². The molecule has 22 heavy (non-hydrogen) atoms. The van der Waals surface area contributed by atoms with Gasteiger partial charge in [0.1, 0.15) is 5.52 Å². The molecule has 7 heteroatoms. The molecule has 1 aromatic heterocycles. The maximum atomic E-state index is 12.3. The van der Waals surface area contributed by atoms with E-state index in [4.69, 9.17) is 16.0 Å². The summed E-state index contributed by atoms with van der Waals surface area (Å²) in [6, 6.07) is 9.99. The van der Waals surface area contributed by atoms with Gasteiger partial charge in [0.15, 0.2) is 12.0 Å². The number of aromatic nitrogens is 1. The van der Waals surface area contributed by atoms with Crippen LogP contribution >= 0.6 is 11.6 Å². The highest BCUT2D eigenvalue weighted by Gasteiger charge is 2.15. The van der Waals surface area contributed by atoms with Crippen LogP contribution in [0.1, 0.15) is 11.1 Å². The molecule has 0 spiro atoms. The lowest BCUT2D eigenvalue weighted by Crippen LogP contribution is -2.23. The molecule has 0 aliphatic heterocycles.